The average Bonchev–Trinajstić information content (AvgIpc) is 2.34. The van der Waals surface area contributed by atoms with Crippen molar-refractivity contribution < 1.29 is 13.0 Å². The highest BCUT2D eigenvalue weighted by Gasteiger charge is 2.13. The molecule has 0 aliphatic rings. The quantitative estimate of drug-likeness (QED) is 0.424. The fourth-order valence-electron chi connectivity index (χ4n) is 2.16. The van der Waals surface area contributed by atoms with E-state index in [9.17, 15) is 13.0 Å². The first-order chi connectivity index (χ1) is 8.55. The van der Waals surface area contributed by atoms with Gasteiger partial charge in [-0.3, -0.25) is 4.55 Å². The molecule has 0 heterocycles. The number of rotatable bonds is 1. The van der Waals surface area contributed by atoms with Gasteiger partial charge >= 0.3 is 0 Å². The van der Waals surface area contributed by atoms with E-state index in [-0.39, 0.29) is 27.9 Å². The second-order valence-corrected chi connectivity index (χ2v) is 5.54. The van der Waals surface area contributed by atoms with Crippen LogP contribution in [0.5, 0.6) is 0 Å². The summed E-state index contributed by atoms with van der Waals surface area (Å²) in [6.45, 7) is 0. The van der Waals surface area contributed by atoms with Crippen LogP contribution in [0.4, 0.5) is 0 Å². The summed E-state index contributed by atoms with van der Waals surface area (Å²) < 4.78 is 31.9. The normalized spacial score (nSPS) is 11.4. The highest BCUT2D eigenvalue weighted by molar-refractivity contribution is 7.86. The minimum Gasteiger partial charge on any atom is -0.282 e. The van der Waals surface area contributed by atoms with Crippen molar-refractivity contribution in [3.63, 3.8) is 0 Å². The van der Waals surface area contributed by atoms with Crippen LogP contribution in [-0.2, 0) is 10.1 Å². The van der Waals surface area contributed by atoms with Gasteiger partial charge in [0.05, 0.1) is 0 Å². The Balaban J connectivity index is 0.00000133. The van der Waals surface area contributed by atoms with E-state index in [1.807, 2.05) is 36.4 Å². The van der Waals surface area contributed by atoms with E-state index < -0.39 is 10.1 Å². The second-order valence-electron chi connectivity index (χ2n) is 4.15. The lowest BCUT2D eigenvalue weighted by Crippen LogP contribution is -1.98. The molecule has 0 aromatic heterocycles. The number of fused-ring (bicyclic) bond motifs is 2. The third kappa shape index (κ3) is 2.60. The summed E-state index contributed by atoms with van der Waals surface area (Å²) in [5.41, 5.74) is 0. The summed E-state index contributed by atoms with van der Waals surface area (Å²) >= 11 is 0. The summed E-state index contributed by atoms with van der Waals surface area (Å²) in [4.78, 5) is -0.0502. The standard InChI is InChI=1S/C14H10O3S.Mg/c15-18(16,17)14-7-3-6-12-8-10-4-1-2-5-11(10)9-13(12)14;/h1-9H,(H,15,16,17);. The first kappa shape index (κ1) is 14.3. The van der Waals surface area contributed by atoms with Crippen LogP contribution in [0, 0.1) is 0 Å². The molecule has 0 bridgehead atoms. The molecule has 5 heteroatoms. The SMILES string of the molecule is O=S(=O)(O)c1cccc2cc3ccccc3cc12.[Mg]. The zero-order valence-corrected chi connectivity index (χ0v) is 12.3. The van der Waals surface area contributed by atoms with Crippen LogP contribution >= 0.6 is 0 Å². The Bertz CT molecular complexity index is 857. The second kappa shape index (κ2) is 5.09. The van der Waals surface area contributed by atoms with E-state index >= 15 is 0 Å². The van der Waals surface area contributed by atoms with E-state index in [1.165, 1.54) is 6.07 Å². The minimum atomic E-state index is -4.20. The third-order valence-corrected chi connectivity index (χ3v) is 3.90. The molecule has 0 unspecified atom stereocenters. The van der Waals surface area contributed by atoms with Crippen molar-refractivity contribution in [1.82, 2.24) is 0 Å². The van der Waals surface area contributed by atoms with Crippen molar-refractivity contribution in [2.75, 3.05) is 0 Å². The molecule has 0 amide bonds. The Hall–Kier alpha value is -1.14. The summed E-state index contributed by atoms with van der Waals surface area (Å²) in [7, 11) is -4.20. The van der Waals surface area contributed by atoms with Crippen LogP contribution in [0.1, 0.15) is 0 Å². The van der Waals surface area contributed by atoms with Crippen molar-refractivity contribution in [2.45, 2.75) is 4.90 Å². The Kier molecular flexibility index (Phi) is 3.82. The van der Waals surface area contributed by atoms with Crippen molar-refractivity contribution in [2.24, 2.45) is 0 Å². The zero-order valence-electron chi connectivity index (χ0n) is 10.1. The van der Waals surface area contributed by atoms with Crippen LogP contribution in [0.2, 0.25) is 0 Å². The summed E-state index contributed by atoms with van der Waals surface area (Å²) in [5.74, 6) is 0. The van der Waals surface area contributed by atoms with Gasteiger partial charge in [0.15, 0.2) is 0 Å². The van der Waals surface area contributed by atoms with Crippen LogP contribution in [0.15, 0.2) is 59.5 Å². The maximum absolute atomic E-state index is 11.3. The molecule has 3 rings (SSSR count). The lowest BCUT2D eigenvalue weighted by molar-refractivity contribution is 0.484. The molecule has 19 heavy (non-hydrogen) atoms. The van der Waals surface area contributed by atoms with E-state index in [4.69, 9.17) is 0 Å². The molecule has 0 aliphatic heterocycles. The molecule has 0 saturated carbocycles. The Morgan fingerprint density at radius 2 is 1.37 bits per heavy atom. The minimum absolute atomic E-state index is 0. The van der Waals surface area contributed by atoms with Gasteiger partial charge in [-0.05, 0) is 34.4 Å². The van der Waals surface area contributed by atoms with E-state index in [1.54, 1.807) is 12.1 Å². The Morgan fingerprint density at radius 3 is 2.00 bits per heavy atom. The van der Waals surface area contributed by atoms with Gasteiger partial charge in [0.1, 0.15) is 4.90 Å². The Morgan fingerprint density at radius 1 is 0.789 bits per heavy atom. The van der Waals surface area contributed by atoms with Gasteiger partial charge in [-0.1, -0.05) is 36.4 Å². The van der Waals surface area contributed by atoms with Gasteiger partial charge in [0.25, 0.3) is 10.1 Å². The molecule has 0 aliphatic carbocycles. The van der Waals surface area contributed by atoms with E-state index in [2.05, 4.69) is 0 Å². The molecule has 0 spiro atoms. The van der Waals surface area contributed by atoms with E-state index in [0.29, 0.717) is 5.39 Å². The molecular formula is C14H10MgO3S. The zero-order chi connectivity index (χ0) is 12.8. The molecule has 3 aromatic carbocycles. The molecule has 3 nitrogen and oxygen atoms in total. The maximum Gasteiger partial charge on any atom is 0.295 e. The molecule has 1 N–H and O–H groups in total. The van der Waals surface area contributed by atoms with Crippen LogP contribution < -0.4 is 0 Å². The van der Waals surface area contributed by atoms with Gasteiger partial charge in [0, 0.05) is 28.4 Å². The molecule has 92 valence electrons. The summed E-state index contributed by atoms with van der Waals surface area (Å²) in [6.07, 6.45) is 0. The highest BCUT2D eigenvalue weighted by Crippen LogP contribution is 2.27. The van der Waals surface area contributed by atoms with Crippen molar-refractivity contribution in [3.8, 4) is 0 Å². The lowest BCUT2D eigenvalue weighted by atomic mass is 10.0. The monoisotopic (exact) mass is 282 g/mol. The maximum atomic E-state index is 11.3. The fourth-order valence-corrected chi connectivity index (χ4v) is 2.87. The van der Waals surface area contributed by atoms with Crippen molar-refractivity contribution >= 4 is 54.7 Å². The van der Waals surface area contributed by atoms with Crippen LogP contribution in [0.3, 0.4) is 0 Å². The van der Waals surface area contributed by atoms with Crippen molar-refractivity contribution in [3.05, 3.63) is 54.6 Å². The van der Waals surface area contributed by atoms with E-state index in [0.717, 1.165) is 16.2 Å². The first-order valence-corrected chi connectivity index (χ1v) is 6.89. The smallest absolute Gasteiger partial charge is 0.282 e. The predicted octanol–water partition coefficient (Wildman–Crippen LogP) is 2.86. The molecular weight excluding hydrogens is 273 g/mol. The van der Waals surface area contributed by atoms with Crippen molar-refractivity contribution in [1.29, 1.82) is 0 Å². The highest BCUT2D eigenvalue weighted by atomic mass is 32.2. The average molecular weight is 283 g/mol. The van der Waals surface area contributed by atoms with Gasteiger partial charge in [-0.25, -0.2) is 0 Å². The topological polar surface area (TPSA) is 54.4 Å². The summed E-state index contributed by atoms with van der Waals surface area (Å²) in [5, 5.41) is 3.32. The number of benzene rings is 3. The lowest BCUT2D eigenvalue weighted by Gasteiger charge is -2.05. The molecule has 0 atom stereocenters. The first-order valence-electron chi connectivity index (χ1n) is 5.45. The third-order valence-electron chi connectivity index (χ3n) is 2.98. The van der Waals surface area contributed by atoms with Gasteiger partial charge in [0.2, 0.25) is 0 Å². The molecule has 0 saturated heterocycles. The fraction of sp³-hybridized carbons (Fsp3) is 0. The Labute approximate surface area is 127 Å². The largest absolute Gasteiger partial charge is 0.295 e. The molecule has 2 radical (unpaired) electrons. The summed E-state index contributed by atoms with van der Waals surface area (Å²) in [6, 6.07) is 16.3. The van der Waals surface area contributed by atoms with Crippen LogP contribution in [-0.4, -0.2) is 36.0 Å². The number of hydrogen-bond acceptors (Lipinski definition) is 2. The predicted molar refractivity (Wildman–Crippen MR) is 77.0 cm³/mol. The van der Waals surface area contributed by atoms with Gasteiger partial charge < -0.3 is 0 Å². The van der Waals surface area contributed by atoms with Gasteiger partial charge in [-0.15, -0.1) is 0 Å². The van der Waals surface area contributed by atoms with Gasteiger partial charge in [-0.2, -0.15) is 8.42 Å². The molecule has 3 aromatic rings. The molecule has 0 fully saturated rings. The number of hydrogen-bond donors (Lipinski definition) is 1. The van der Waals surface area contributed by atoms with Crippen LogP contribution in [0.25, 0.3) is 21.5 Å².